The third-order valence-electron chi connectivity index (χ3n) is 1.47. The van der Waals surface area contributed by atoms with Gasteiger partial charge in [0.15, 0.2) is 0 Å². The van der Waals surface area contributed by atoms with Gasteiger partial charge in [-0.1, -0.05) is 5.21 Å². The molecule has 1 aromatic heterocycles. The van der Waals surface area contributed by atoms with Crippen molar-refractivity contribution in [1.29, 1.82) is 0 Å². The van der Waals surface area contributed by atoms with Crippen molar-refractivity contribution >= 4 is 0 Å². The number of aromatic nitrogens is 3. The molecule has 0 aliphatic carbocycles. The SMILES string of the molecule is COCCNCCn1ccnn1. The molecule has 0 bridgehead atoms. The molecular weight excluding hydrogens is 156 g/mol. The second kappa shape index (κ2) is 5.68. The number of methoxy groups -OCH3 is 1. The molecule has 12 heavy (non-hydrogen) atoms. The number of hydrogen-bond donors (Lipinski definition) is 1. The van der Waals surface area contributed by atoms with E-state index in [1.165, 1.54) is 0 Å². The van der Waals surface area contributed by atoms with Gasteiger partial charge in [-0.15, -0.1) is 5.10 Å². The minimum absolute atomic E-state index is 0.747. The van der Waals surface area contributed by atoms with E-state index >= 15 is 0 Å². The van der Waals surface area contributed by atoms with Crippen LogP contribution in [0.15, 0.2) is 12.4 Å². The Labute approximate surface area is 71.7 Å². The maximum Gasteiger partial charge on any atom is 0.0692 e. The van der Waals surface area contributed by atoms with Gasteiger partial charge >= 0.3 is 0 Å². The molecule has 1 heterocycles. The number of ether oxygens (including phenoxy) is 1. The predicted molar refractivity (Wildman–Crippen MR) is 44.8 cm³/mol. The zero-order chi connectivity index (χ0) is 8.65. The molecule has 0 fully saturated rings. The van der Waals surface area contributed by atoms with Crippen molar-refractivity contribution < 1.29 is 4.74 Å². The van der Waals surface area contributed by atoms with Crippen molar-refractivity contribution in [3.63, 3.8) is 0 Å². The van der Waals surface area contributed by atoms with E-state index < -0.39 is 0 Å². The number of nitrogens with one attached hydrogen (secondary N) is 1. The molecular formula is C7H14N4O. The number of rotatable bonds is 6. The van der Waals surface area contributed by atoms with E-state index in [-0.39, 0.29) is 0 Å². The van der Waals surface area contributed by atoms with Gasteiger partial charge in [0.25, 0.3) is 0 Å². The monoisotopic (exact) mass is 170 g/mol. The van der Waals surface area contributed by atoms with E-state index in [1.807, 2.05) is 6.20 Å². The molecule has 0 aromatic carbocycles. The summed E-state index contributed by atoms with van der Waals surface area (Å²) in [5.74, 6) is 0. The Hall–Kier alpha value is -0.940. The highest BCUT2D eigenvalue weighted by molar-refractivity contribution is 4.64. The van der Waals surface area contributed by atoms with Gasteiger partial charge in [-0.05, 0) is 0 Å². The van der Waals surface area contributed by atoms with Gasteiger partial charge in [-0.3, -0.25) is 4.68 Å². The Morgan fingerprint density at radius 3 is 3.08 bits per heavy atom. The lowest BCUT2D eigenvalue weighted by molar-refractivity contribution is 0.199. The fourth-order valence-corrected chi connectivity index (χ4v) is 0.845. The number of nitrogens with zero attached hydrogens (tertiary/aromatic N) is 3. The fourth-order valence-electron chi connectivity index (χ4n) is 0.845. The first-order valence-electron chi connectivity index (χ1n) is 3.97. The molecule has 0 saturated heterocycles. The Bertz CT molecular complexity index is 187. The van der Waals surface area contributed by atoms with Gasteiger partial charge in [0.05, 0.1) is 19.3 Å². The molecule has 0 aliphatic rings. The fraction of sp³-hybridized carbons (Fsp3) is 0.714. The summed E-state index contributed by atoms with van der Waals surface area (Å²) in [4.78, 5) is 0. The molecule has 0 radical (unpaired) electrons. The maximum absolute atomic E-state index is 4.88. The van der Waals surface area contributed by atoms with E-state index in [0.29, 0.717) is 0 Å². The molecule has 0 spiro atoms. The summed E-state index contributed by atoms with van der Waals surface area (Å²) >= 11 is 0. The van der Waals surface area contributed by atoms with Crippen LogP contribution in [0.3, 0.4) is 0 Å². The van der Waals surface area contributed by atoms with Crippen LogP contribution in [0.2, 0.25) is 0 Å². The van der Waals surface area contributed by atoms with Crippen LogP contribution in [0.4, 0.5) is 0 Å². The third-order valence-corrected chi connectivity index (χ3v) is 1.47. The van der Waals surface area contributed by atoms with Gasteiger partial charge in [-0.2, -0.15) is 0 Å². The lowest BCUT2D eigenvalue weighted by Crippen LogP contribution is -2.23. The topological polar surface area (TPSA) is 52.0 Å². The first-order chi connectivity index (χ1) is 5.93. The van der Waals surface area contributed by atoms with E-state index in [9.17, 15) is 0 Å². The van der Waals surface area contributed by atoms with Crippen LogP contribution in [-0.2, 0) is 11.3 Å². The highest BCUT2D eigenvalue weighted by Gasteiger charge is 1.89. The first-order valence-corrected chi connectivity index (χ1v) is 3.97. The molecule has 0 aliphatic heterocycles. The lowest BCUT2D eigenvalue weighted by atomic mass is 10.6. The minimum Gasteiger partial charge on any atom is -0.383 e. The molecule has 0 amide bonds. The van der Waals surface area contributed by atoms with Gasteiger partial charge in [0.1, 0.15) is 0 Å². The Morgan fingerprint density at radius 1 is 1.50 bits per heavy atom. The standard InChI is InChI=1S/C7H14N4O/c1-12-7-4-8-2-5-11-6-3-9-10-11/h3,6,8H,2,4-5,7H2,1H3. The summed E-state index contributed by atoms with van der Waals surface area (Å²) in [7, 11) is 1.69. The summed E-state index contributed by atoms with van der Waals surface area (Å²) in [6, 6.07) is 0. The van der Waals surface area contributed by atoms with Crippen LogP contribution >= 0.6 is 0 Å². The van der Waals surface area contributed by atoms with Crippen molar-refractivity contribution in [3.05, 3.63) is 12.4 Å². The van der Waals surface area contributed by atoms with E-state index in [1.54, 1.807) is 18.0 Å². The highest BCUT2D eigenvalue weighted by atomic mass is 16.5. The normalized spacial score (nSPS) is 10.4. The van der Waals surface area contributed by atoms with Crippen LogP contribution in [0.25, 0.3) is 0 Å². The summed E-state index contributed by atoms with van der Waals surface area (Å²) in [5, 5.41) is 10.7. The summed E-state index contributed by atoms with van der Waals surface area (Å²) in [5.41, 5.74) is 0. The average molecular weight is 170 g/mol. The Morgan fingerprint density at radius 2 is 2.42 bits per heavy atom. The molecule has 5 heteroatoms. The van der Waals surface area contributed by atoms with Gasteiger partial charge < -0.3 is 10.1 Å². The molecule has 5 nitrogen and oxygen atoms in total. The average Bonchev–Trinajstić information content (AvgIpc) is 2.57. The van der Waals surface area contributed by atoms with Gasteiger partial charge in [-0.25, -0.2) is 0 Å². The third kappa shape index (κ3) is 3.45. The van der Waals surface area contributed by atoms with E-state index in [0.717, 1.165) is 26.2 Å². The van der Waals surface area contributed by atoms with Crippen molar-refractivity contribution in [1.82, 2.24) is 20.3 Å². The number of hydrogen-bond acceptors (Lipinski definition) is 4. The lowest BCUT2D eigenvalue weighted by Gasteiger charge is -2.02. The second-order valence-corrected chi connectivity index (χ2v) is 2.41. The van der Waals surface area contributed by atoms with Crippen LogP contribution in [0.5, 0.6) is 0 Å². The molecule has 0 saturated carbocycles. The molecule has 1 rings (SSSR count). The molecule has 68 valence electrons. The van der Waals surface area contributed by atoms with Crippen LogP contribution < -0.4 is 5.32 Å². The molecule has 1 N–H and O–H groups in total. The summed E-state index contributed by atoms with van der Waals surface area (Å²) in [6.07, 6.45) is 3.52. The Balaban J connectivity index is 1.96. The Kier molecular flexibility index (Phi) is 4.33. The van der Waals surface area contributed by atoms with E-state index in [2.05, 4.69) is 15.6 Å². The quantitative estimate of drug-likeness (QED) is 0.585. The predicted octanol–water partition coefficient (Wildman–Crippen LogP) is -0.486. The van der Waals surface area contributed by atoms with Crippen molar-refractivity contribution in [2.45, 2.75) is 6.54 Å². The summed E-state index contributed by atoms with van der Waals surface area (Å²) < 4.78 is 6.67. The van der Waals surface area contributed by atoms with Crippen molar-refractivity contribution in [2.24, 2.45) is 0 Å². The zero-order valence-electron chi connectivity index (χ0n) is 7.23. The highest BCUT2D eigenvalue weighted by Crippen LogP contribution is 1.78. The molecule has 1 aromatic rings. The second-order valence-electron chi connectivity index (χ2n) is 2.41. The smallest absolute Gasteiger partial charge is 0.0692 e. The van der Waals surface area contributed by atoms with Crippen LogP contribution in [0.1, 0.15) is 0 Å². The molecule has 0 atom stereocenters. The maximum atomic E-state index is 4.88. The van der Waals surface area contributed by atoms with Crippen molar-refractivity contribution in [3.8, 4) is 0 Å². The van der Waals surface area contributed by atoms with Gasteiger partial charge in [0.2, 0.25) is 0 Å². The van der Waals surface area contributed by atoms with Gasteiger partial charge in [0, 0.05) is 26.4 Å². The van der Waals surface area contributed by atoms with Crippen LogP contribution in [0, 0.1) is 0 Å². The first kappa shape index (κ1) is 9.15. The zero-order valence-corrected chi connectivity index (χ0v) is 7.23. The largest absolute Gasteiger partial charge is 0.383 e. The van der Waals surface area contributed by atoms with Crippen molar-refractivity contribution in [2.75, 3.05) is 26.8 Å². The summed E-state index contributed by atoms with van der Waals surface area (Å²) in [6.45, 7) is 3.37. The van der Waals surface area contributed by atoms with Crippen LogP contribution in [-0.4, -0.2) is 41.8 Å². The molecule has 0 unspecified atom stereocenters. The van der Waals surface area contributed by atoms with E-state index in [4.69, 9.17) is 4.74 Å². The minimum atomic E-state index is 0.747.